The number of methoxy groups -OCH3 is 1. The van der Waals surface area contributed by atoms with Gasteiger partial charge in [-0.15, -0.1) is 11.3 Å². The molecule has 0 unspecified atom stereocenters. The first-order chi connectivity index (χ1) is 12.0. The standard InChI is InChI=1S/C17H16N2O4S2/c1-3-23-16-10-14(6-7-15(16)22-2)25(20,21)19-11-13-9-12-5-4-8-18-17(12)24-13/h4-11H,3H2,1-2H3/b19-11+. The molecule has 130 valence electrons. The zero-order chi connectivity index (χ0) is 17.9. The number of thiophene rings is 1. The molecule has 0 aliphatic heterocycles. The number of rotatable bonds is 6. The number of hydrogen-bond acceptors (Lipinski definition) is 6. The number of hydrogen-bond donors (Lipinski definition) is 0. The van der Waals surface area contributed by atoms with Gasteiger partial charge in [0.25, 0.3) is 10.0 Å². The monoisotopic (exact) mass is 376 g/mol. The van der Waals surface area contributed by atoms with E-state index >= 15 is 0 Å². The third-order valence-corrected chi connectivity index (χ3v) is 5.59. The van der Waals surface area contributed by atoms with Crippen molar-refractivity contribution in [1.82, 2.24) is 4.98 Å². The molecule has 3 aromatic rings. The average molecular weight is 376 g/mol. The van der Waals surface area contributed by atoms with Crippen molar-refractivity contribution < 1.29 is 17.9 Å². The van der Waals surface area contributed by atoms with Crippen molar-refractivity contribution in [2.24, 2.45) is 4.40 Å². The van der Waals surface area contributed by atoms with Gasteiger partial charge in [-0.2, -0.15) is 12.8 Å². The van der Waals surface area contributed by atoms with Gasteiger partial charge in [-0.3, -0.25) is 0 Å². The molecule has 3 rings (SSSR count). The summed E-state index contributed by atoms with van der Waals surface area (Å²) in [5, 5.41) is 0.953. The van der Waals surface area contributed by atoms with Gasteiger partial charge in [0, 0.05) is 22.5 Å². The highest BCUT2D eigenvalue weighted by molar-refractivity contribution is 7.90. The fourth-order valence-electron chi connectivity index (χ4n) is 2.22. The van der Waals surface area contributed by atoms with E-state index in [2.05, 4.69) is 9.38 Å². The molecule has 0 bridgehead atoms. The molecule has 0 amide bonds. The lowest BCUT2D eigenvalue weighted by atomic mass is 10.3. The highest BCUT2D eigenvalue weighted by Gasteiger charge is 2.16. The van der Waals surface area contributed by atoms with E-state index in [9.17, 15) is 8.42 Å². The van der Waals surface area contributed by atoms with Crippen molar-refractivity contribution in [3.63, 3.8) is 0 Å². The third kappa shape index (κ3) is 3.80. The van der Waals surface area contributed by atoms with Crippen molar-refractivity contribution in [3.05, 3.63) is 47.5 Å². The molecule has 0 saturated carbocycles. The van der Waals surface area contributed by atoms with Crippen LogP contribution in [-0.2, 0) is 10.0 Å². The molecule has 0 aliphatic carbocycles. The highest BCUT2D eigenvalue weighted by atomic mass is 32.2. The number of pyridine rings is 1. The molecule has 2 heterocycles. The van der Waals surface area contributed by atoms with E-state index in [0.29, 0.717) is 18.1 Å². The Hall–Kier alpha value is -2.45. The van der Waals surface area contributed by atoms with Crippen LogP contribution in [0, 0.1) is 0 Å². The molecule has 0 aliphatic rings. The lowest BCUT2D eigenvalue weighted by molar-refractivity contribution is 0.310. The summed E-state index contributed by atoms with van der Waals surface area (Å²) in [7, 11) is -2.34. The van der Waals surface area contributed by atoms with Crippen LogP contribution in [0.3, 0.4) is 0 Å². The minimum absolute atomic E-state index is 0.0484. The van der Waals surface area contributed by atoms with Gasteiger partial charge >= 0.3 is 0 Å². The first kappa shape index (κ1) is 17.4. The van der Waals surface area contributed by atoms with Gasteiger partial charge in [0.15, 0.2) is 11.5 Å². The first-order valence-corrected chi connectivity index (χ1v) is 9.75. The maximum absolute atomic E-state index is 12.5. The minimum Gasteiger partial charge on any atom is -0.493 e. The number of aromatic nitrogens is 1. The number of sulfonamides is 1. The quantitative estimate of drug-likeness (QED) is 0.615. The van der Waals surface area contributed by atoms with E-state index < -0.39 is 10.0 Å². The second-order valence-corrected chi connectivity index (χ2v) is 7.70. The average Bonchev–Trinajstić information content (AvgIpc) is 3.03. The molecule has 0 fully saturated rings. The maximum atomic E-state index is 12.5. The summed E-state index contributed by atoms with van der Waals surface area (Å²) >= 11 is 1.38. The summed E-state index contributed by atoms with van der Waals surface area (Å²) in [4.78, 5) is 5.84. The van der Waals surface area contributed by atoms with Crippen LogP contribution in [0.4, 0.5) is 0 Å². The van der Waals surface area contributed by atoms with Gasteiger partial charge in [0.1, 0.15) is 4.83 Å². The Labute approximate surface area is 149 Å². The molecule has 0 N–H and O–H groups in total. The second kappa shape index (κ2) is 7.20. The molecule has 6 nitrogen and oxygen atoms in total. The van der Waals surface area contributed by atoms with Crippen LogP contribution in [0.1, 0.15) is 11.8 Å². The minimum atomic E-state index is -3.84. The Kier molecular flexibility index (Phi) is 5.00. The van der Waals surface area contributed by atoms with E-state index in [0.717, 1.165) is 15.1 Å². The summed E-state index contributed by atoms with van der Waals surface area (Å²) in [6, 6.07) is 10.0. The van der Waals surface area contributed by atoms with Crippen molar-refractivity contribution in [2.75, 3.05) is 13.7 Å². The largest absolute Gasteiger partial charge is 0.493 e. The van der Waals surface area contributed by atoms with Crippen LogP contribution >= 0.6 is 11.3 Å². The van der Waals surface area contributed by atoms with Gasteiger partial charge in [-0.25, -0.2) is 4.98 Å². The molecule has 0 atom stereocenters. The van der Waals surface area contributed by atoms with Crippen LogP contribution in [0.2, 0.25) is 0 Å². The fourth-order valence-corrected chi connectivity index (χ4v) is 4.03. The van der Waals surface area contributed by atoms with Crippen molar-refractivity contribution in [3.8, 4) is 11.5 Å². The molecular formula is C17H16N2O4S2. The van der Waals surface area contributed by atoms with Crippen molar-refractivity contribution >= 4 is 37.8 Å². The predicted molar refractivity (Wildman–Crippen MR) is 98.6 cm³/mol. The van der Waals surface area contributed by atoms with Gasteiger partial charge in [0.2, 0.25) is 0 Å². The molecule has 0 spiro atoms. The Morgan fingerprint density at radius 2 is 2.08 bits per heavy atom. The molecule has 1 aromatic carbocycles. The molecule has 25 heavy (non-hydrogen) atoms. The maximum Gasteiger partial charge on any atom is 0.282 e. The van der Waals surface area contributed by atoms with Crippen LogP contribution in [0.15, 0.2) is 51.9 Å². The van der Waals surface area contributed by atoms with E-state index in [1.165, 1.54) is 36.8 Å². The van der Waals surface area contributed by atoms with Crippen LogP contribution in [-0.4, -0.2) is 33.3 Å². The summed E-state index contributed by atoms with van der Waals surface area (Å²) in [5.74, 6) is 0.840. The lowest BCUT2D eigenvalue weighted by Crippen LogP contribution is -2.01. The van der Waals surface area contributed by atoms with Crippen LogP contribution in [0.5, 0.6) is 11.5 Å². The molecular weight excluding hydrogens is 360 g/mol. The van der Waals surface area contributed by atoms with Crippen LogP contribution in [0.25, 0.3) is 10.2 Å². The summed E-state index contributed by atoms with van der Waals surface area (Å²) in [6.07, 6.45) is 3.04. The summed E-state index contributed by atoms with van der Waals surface area (Å²) < 4.78 is 39.3. The Balaban J connectivity index is 1.91. The molecule has 8 heteroatoms. The first-order valence-electron chi connectivity index (χ1n) is 7.49. The van der Waals surface area contributed by atoms with Crippen molar-refractivity contribution in [2.45, 2.75) is 11.8 Å². The van der Waals surface area contributed by atoms with E-state index in [-0.39, 0.29) is 4.90 Å². The summed E-state index contributed by atoms with van der Waals surface area (Å²) in [6.45, 7) is 2.21. The molecule has 2 aromatic heterocycles. The second-order valence-electron chi connectivity index (χ2n) is 5.00. The smallest absolute Gasteiger partial charge is 0.282 e. The van der Waals surface area contributed by atoms with Gasteiger partial charge in [-0.05, 0) is 31.2 Å². The number of ether oxygens (including phenoxy) is 2. The van der Waals surface area contributed by atoms with E-state index in [1.54, 1.807) is 12.3 Å². The molecule has 0 saturated heterocycles. The Morgan fingerprint density at radius 3 is 2.80 bits per heavy atom. The van der Waals surface area contributed by atoms with Gasteiger partial charge in [0.05, 0.1) is 24.8 Å². The van der Waals surface area contributed by atoms with E-state index in [4.69, 9.17) is 9.47 Å². The zero-order valence-electron chi connectivity index (χ0n) is 13.7. The van der Waals surface area contributed by atoms with Crippen LogP contribution < -0.4 is 9.47 Å². The Bertz CT molecular complexity index is 993. The zero-order valence-corrected chi connectivity index (χ0v) is 15.3. The SMILES string of the molecule is CCOc1cc(S(=O)(=O)/N=C/c2cc3cccnc3s2)ccc1OC. The third-order valence-electron chi connectivity index (χ3n) is 3.36. The number of nitrogens with zero attached hydrogens (tertiary/aromatic N) is 2. The topological polar surface area (TPSA) is 77.9 Å². The molecule has 0 radical (unpaired) electrons. The van der Waals surface area contributed by atoms with Crippen molar-refractivity contribution in [1.29, 1.82) is 0 Å². The van der Waals surface area contributed by atoms with Gasteiger partial charge < -0.3 is 9.47 Å². The van der Waals surface area contributed by atoms with E-state index in [1.807, 2.05) is 25.1 Å². The highest BCUT2D eigenvalue weighted by Crippen LogP contribution is 2.30. The normalized spacial score (nSPS) is 11.9. The van der Waals surface area contributed by atoms with Gasteiger partial charge in [-0.1, -0.05) is 6.07 Å². The predicted octanol–water partition coefficient (Wildman–Crippen LogP) is 3.51. The summed E-state index contributed by atoms with van der Waals surface area (Å²) in [5.41, 5.74) is 0. The Morgan fingerprint density at radius 1 is 1.24 bits per heavy atom. The lowest BCUT2D eigenvalue weighted by Gasteiger charge is -2.10. The number of benzene rings is 1. The number of fused-ring (bicyclic) bond motifs is 1. The fraction of sp³-hybridized carbons (Fsp3) is 0.176.